The highest BCUT2D eigenvalue weighted by Crippen LogP contribution is 2.24. The SMILES string of the molecule is CC[n+]1cc(Br)cc(-c2nc3ccccc3o2)c1.[I-]. The van der Waals surface area contributed by atoms with E-state index < -0.39 is 0 Å². The highest BCUT2D eigenvalue weighted by atomic mass is 127. The molecule has 0 aliphatic carbocycles. The summed E-state index contributed by atoms with van der Waals surface area (Å²) in [5, 5.41) is 0. The number of halogens is 2. The van der Waals surface area contributed by atoms with Crippen LogP contribution in [0.2, 0.25) is 0 Å². The summed E-state index contributed by atoms with van der Waals surface area (Å²) in [7, 11) is 0. The maximum absolute atomic E-state index is 5.76. The van der Waals surface area contributed by atoms with E-state index in [0.717, 1.165) is 27.7 Å². The number of rotatable bonds is 2. The van der Waals surface area contributed by atoms with Crippen molar-refractivity contribution >= 4 is 27.0 Å². The Balaban J connectivity index is 0.00000133. The third-order valence-electron chi connectivity index (χ3n) is 2.79. The van der Waals surface area contributed by atoms with Gasteiger partial charge in [-0.3, -0.25) is 0 Å². The summed E-state index contributed by atoms with van der Waals surface area (Å²) >= 11 is 3.50. The van der Waals surface area contributed by atoms with Crippen molar-refractivity contribution in [3.05, 3.63) is 47.2 Å². The van der Waals surface area contributed by atoms with Crippen LogP contribution in [0, 0.1) is 0 Å². The zero-order valence-corrected chi connectivity index (χ0v) is 14.1. The van der Waals surface area contributed by atoms with Crippen molar-refractivity contribution < 1.29 is 33.0 Å². The van der Waals surface area contributed by atoms with E-state index >= 15 is 0 Å². The molecular formula is C14H12BrIN2O. The maximum atomic E-state index is 5.76. The molecule has 3 aromatic rings. The first-order valence-corrected chi connectivity index (χ1v) is 6.61. The molecule has 0 atom stereocenters. The number of pyridine rings is 1. The van der Waals surface area contributed by atoms with Crippen molar-refractivity contribution in [2.24, 2.45) is 0 Å². The molecule has 3 rings (SSSR count). The molecule has 2 heterocycles. The predicted molar refractivity (Wildman–Crippen MR) is 73.0 cm³/mol. The summed E-state index contributed by atoms with van der Waals surface area (Å²) in [5.41, 5.74) is 2.67. The van der Waals surface area contributed by atoms with Gasteiger partial charge in [-0.1, -0.05) is 12.1 Å². The third kappa shape index (κ3) is 2.97. The third-order valence-corrected chi connectivity index (χ3v) is 3.23. The van der Waals surface area contributed by atoms with Crippen LogP contribution in [0.15, 0.2) is 51.6 Å². The number of oxazole rings is 1. The lowest BCUT2D eigenvalue weighted by Gasteiger charge is -1.96. The Kier molecular flexibility index (Phi) is 4.57. The minimum absolute atomic E-state index is 0. The fourth-order valence-electron chi connectivity index (χ4n) is 1.89. The Bertz CT molecular complexity index is 678. The summed E-state index contributed by atoms with van der Waals surface area (Å²) in [6.07, 6.45) is 4.07. The van der Waals surface area contributed by atoms with Gasteiger partial charge in [0, 0.05) is 0 Å². The van der Waals surface area contributed by atoms with Crippen LogP contribution >= 0.6 is 15.9 Å². The Morgan fingerprint density at radius 2 is 2.05 bits per heavy atom. The molecule has 0 amide bonds. The van der Waals surface area contributed by atoms with Gasteiger partial charge in [-0.05, 0) is 41.1 Å². The number of benzene rings is 1. The smallest absolute Gasteiger partial charge is 0.233 e. The van der Waals surface area contributed by atoms with Crippen molar-refractivity contribution in [1.82, 2.24) is 4.98 Å². The van der Waals surface area contributed by atoms with E-state index in [1.165, 1.54) is 0 Å². The molecule has 0 aliphatic rings. The van der Waals surface area contributed by atoms with Crippen LogP contribution < -0.4 is 28.5 Å². The highest BCUT2D eigenvalue weighted by Gasteiger charge is 2.12. The Hall–Kier alpha value is -0.950. The summed E-state index contributed by atoms with van der Waals surface area (Å²) < 4.78 is 8.87. The molecule has 3 nitrogen and oxygen atoms in total. The van der Waals surface area contributed by atoms with Crippen molar-refractivity contribution in [1.29, 1.82) is 0 Å². The van der Waals surface area contributed by atoms with Crippen LogP contribution in [0.25, 0.3) is 22.6 Å². The van der Waals surface area contributed by atoms with Crippen LogP contribution in [0.5, 0.6) is 0 Å². The molecule has 0 aliphatic heterocycles. The summed E-state index contributed by atoms with van der Waals surface area (Å²) in [6.45, 7) is 3.01. The molecule has 0 unspecified atom stereocenters. The molecule has 0 spiro atoms. The van der Waals surface area contributed by atoms with E-state index in [4.69, 9.17) is 4.42 Å². The van der Waals surface area contributed by atoms with Gasteiger partial charge in [-0.25, -0.2) is 9.55 Å². The van der Waals surface area contributed by atoms with Crippen LogP contribution in [-0.2, 0) is 6.54 Å². The molecule has 19 heavy (non-hydrogen) atoms. The quantitative estimate of drug-likeness (QED) is 0.439. The number of nitrogens with zero attached hydrogens (tertiary/aromatic N) is 2. The molecule has 5 heteroatoms. The van der Waals surface area contributed by atoms with E-state index in [0.29, 0.717) is 5.89 Å². The predicted octanol–water partition coefficient (Wildman–Crippen LogP) is 0.569. The van der Waals surface area contributed by atoms with Crippen molar-refractivity contribution in [2.75, 3.05) is 0 Å². The lowest BCUT2D eigenvalue weighted by Crippen LogP contribution is -3.00. The van der Waals surface area contributed by atoms with E-state index in [1.54, 1.807) is 0 Å². The highest BCUT2D eigenvalue weighted by molar-refractivity contribution is 9.10. The molecule has 0 radical (unpaired) electrons. The lowest BCUT2D eigenvalue weighted by atomic mass is 10.3. The van der Waals surface area contributed by atoms with E-state index in [1.807, 2.05) is 42.7 Å². The molecule has 98 valence electrons. The summed E-state index contributed by atoms with van der Waals surface area (Å²) in [6, 6.07) is 9.80. The second-order valence-corrected chi connectivity index (χ2v) is 4.98. The van der Waals surface area contributed by atoms with Crippen molar-refractivity contribution in [3.63, 3.8) is 0 Å². The first kappa shape index (κ1) is 14.5. The molecule has 1 aromatic carbocycles. The molecular weight excluding hydrogens is 419 g/mol. The van der Waals surface area contributed by atoms with Gasteiger partial charge in [-0.15, -0.1) is 0 Å². The van der Waals surface area contributed by atoms with Gasteiger partial charge in [0.25, 0.3) is 0 Å². The van der Waals surface area contributed by atoms with Crippen LogP contribution in [0.3, 0.4) is 0 Å². The number of hydrogen-bond donors (Lipinski definition) is 0. The number of hydrogen-bond acceptors (Lipinski definition) is 2. The Morgan fingerprint density at radius 1 is 1.26 bits per heavy atom. The van der Waals surface area contributed by atoms with Crippen LogP contribution in [0.1, 0.15) is 6.92 Å². The summed E-state index contributed by atoms with van der Waals surface area (Å²) in [5.74, 6) is 0.653. The van der Waals surface area contributed by atoms with Gasteiger partial charge in [0.1, 0.15) is 17.6 Å². The Morgan fingerprint density at radius 3 is 2.79 bits per heavy atom. The second-order valence-electron chi connectivity index (χ2n) is 4.06. The monoisotopic (exact) mass is 430 g/mol. The van der Waals surface area contributed by atoms with Gasteiger partial charge in [0.15, 0.2) is 18.0 Å². The van der Waals surface area contributed by atoms with Gasteiger partial charge in [-0.2, -0.15) is 0 Å². The largest absolute Gasteiger partial charge is 1.00 e. The van der Waals surface area contributed by atoms with E-state index in [-0.39, 0.29) is 24.0 Å². The van der Waals surface area contributed by atoms with Gasteiger partial charge in [0.2, 0.25) is 5.89 Å². The fraction of sp³-hybridized carbons (Fsp3) is 0.143. The number of fused-ring (bicyclic) bond motifs is 1. The minimum atomic E-state index is 0. The molecule has 0 N–H and O–H groups in total. The van der Waals surface area contributed by atoms with Crippen molar-refractivity contribution in [3.8, 4) is 11.5 Å². The zero-order valence-electron chi connectivity index (χ0n) is 10.3. The molecule has 0 bridgehead atoms. The molecule has 0 fully saturated rings. The normalized spacial score (nSPS) is 10.4. The van der Waals surface area contributed by atoms with Gasteiger partial charge >= 0.3 is 0 Å². The summed E-state index contributed by atoms with van der Waals surface area (Å²) in [4.78, 5) is 4.50. The fourth-order valence-corrected chi connectivity index (χ4v) is 2.40. The molecule has 0 saturated carbocycles. The number of para-hydroxylation sites is 2. The average molecular weight is 431 g/mol. The number of aromatic nitrogens is 2. The zero-order chi connectivity index (χ0) is 12.5. The van der Waals surface area contributed by atoms with Crippen molar-refractivity contribution in [2.45, 2.75) is 13.5 Å². The molecule has 0 saturated heterocycles. The average Bonchev–Trinajstić information content (AvgIpc) is 2.81. The first-order valence-electron chi connectivity index (χ1n) is 5.82. The van der Waals surface area contributed by atoms with Crippen LogP contribution in [0.4, 0.5) is 0 Å². The second kappa shape index (κ2) is 6.00. The van der Waals surface area contributed by atoms with E-state index in [9.17, 15) is 0 Å². The molecule has 2 aromatic heterocycles. The lowest BCUT2D eigenvalue weighted by molar-refractivity contribution is -0.693. The minimum Gasteiger partial charge on any atom is -1.00 e. The maximum Gasteiger partial charge on any atom is 0.233 e. The number of aryl methyl sites for hydroxylation is 1. The van der Waals surface area contributed by atoms with Gasteiger partial charge < -0.3 is 28.4 Å². The first-order chi connectivity index (χ1) is 8.76. The topological polar surface area (TPSA) is 29.9 Å². The van der Waals surface area contributed by atoms with Crippen LogP contribution in [-0.4, -0.2) is 4.98 Å². The van der Waals surface area contributed by atoms with Gasteiger partial charge in [0.05, 0.1) is 4.47 Å². The van der Waals surface area contributed by atoms with E-state index in [2.05, 4.69) is 32.4 Å². The standard InChI is InChI=1S/C14H12BrN2O.HI/c1-2-17-8-10(7-11(15)9-17)14-16-12-5-3-4-6-13(12)18-14;/h3-9H,2H2,1H3;1H/q+1;/p-1. The Labute approximate surface area is 136 Å².